The Labute approximate surface area is 530 Å². The van der Waals surface area contributed by atoms with Crippen LogP contribution in [0.2, 0.25) is 0 Å². The Bertz CT molecular complexity index is 1670. The highest BCUT2D eigenvalue weighted by atomic mass is 31.2. The first-order valence-corrected chi connectivity index (χ1v) is 38.8. The molecule has 0 aromatic rings. The van der Waals surface area contributed by atoms with Gasteiger partial charge in [0.25, 0.3) is 0 Å². The Morgan fingerprint density at radius 1 is 0.276 bits per heavy atom. The quantitative estimate of drug-likeness (QED) is 0.0222. The average Bonchev–Trinajstić information content (AvgIpc) is 3.51. The number of unbranched alkanes of at least 4 members (excludes halogenated alkanes) is 43. The molecular weight excluding hydrogens is 1150 g/mol. The van der Waals surface area contributed by atoms with Crippen molar-refractivity contribution in [2.24, 2.45) is 0 Å². The van der Waals surface area contributed by atoms with E-state index in [9.17, 15) is 43.2 Å². The lowest BCUT2D eigenvalue weighted by Crippen LogP contribution is -2.30. The molecule has 516 valence electrons. The van der Waals surface area contributed by atoms with E-state index in [0.29, 0.717) is 25.7 Å². The molecule has 87 heavy (non-hydrogen) atoms. The fourth-order valence-electron chi connectivity index (χ4n) is 10.3. The molecule has 0 heterocycles. The van der Waals surface area contributed by atoms with Gasteiger partial charge in [-0.25, -0.2) is 9.13 Å². The van der Waals surface area contributed by atoms with E-state index in [1.54, 1.807) is 0 Å². The summed E-state index contributed by atoms with van der Waals surface area (Å²) in [6, 6.07) is 0. The van der Waals surface area contributed by atoms with Crippen LogP contribution in [0.4, 0.5) is 0 Å². The smallest absolute Gasteiger partial charge is 0.462 e. The van der Waals surface area contributed by atoms with Crippen molar-refractivity contribution in [2.75, 3.05) is 39.6 Å². The van der Waals surface area contributed by atoms with Crippen LogP contribution in [0.15, 0.2) is 0 Å². The Morgan fingerprint density at radius 2 is 0.460 bits per heavy atom. The first kappa shape index (κ1) is 85.1. The van der Waals surface area contributed by atoms with Crippen molar-refractivity contribution in [3.8, 4) is 0 Å². The van der Waals surface area contributed by atoms with E-state index < -0.39 is 97.5 Å². The van der Waals surface area contributed by atoms with Crippen LogP contribution in [0.25, 0.3) is 0 Å². The number of hydrogen-bond donors (Lipinski definition) is 3. The summed E-state index contributed by atoms with van der Waals surface area (Å²) in [5.74, 6) is -2.13. The normalized spacial score (nSPS) is 14.1. The van der Waals surface area contributed by atoms with Gasteiger partial charge in [-0.05, 0) is 25.7 Å². The molecule has 0 amide bonds. The molecule has 2 unspecified atom stereocenters. The van der Waals surface area contributed by atoms with Crippen LogP contribution < -0.4 is 0 Å². The second-order valence-corrected chi connectivity index (χ2v) is 27.5. The Hall–Kier alpha value is -1.94. The highest BCUT2D eigenvalue weighted by Crippen LogP contribution is 2.45. The van der Waals surface area contributed by atoms with Crippen LogP contribution in [0.1, 0.15) is 355 Å². The summed E-state index contributed by atoms with van der Waals surface area (Å²) in [5.41, 5.74) is 0. The van der Waals surface area contributed by atoms with Gasteiger partial charge in [0.15, 0.2) is 12.2 Å². The molecule has 17 nitrogen and oxygen atoms in total. The second-order valence-electron chi connectivity index (χ2n) is 24.6. The molecule has 0 aromatic carbocycles. The summed E-state index contributed by atoms with van der Waals surface area (Å²) >= 11 is 0. The maximum Gasteiger partial charge on any atom is 0.472 e. The zero-order valence-corrected chi connectivity index (χ0v) is 57.8. The predicted molar refractivity (Wildman–Crippen MR) is 349 cm³/mol. The van der Waals surface area contributed by atoms with Gasteiger partial charge in [-0.1, -0.05) is 304 Å². The SMILES string of the molecule is CCCCCCCCCCCCCCCCCCCC(=O)O[C@H](COC(=O)CCCCCCCCCCCCCCC)COP(=O)(O)OC[C@@H](O)COP(=O)(O)OC[C@@H](COC(=O)CCCCCCC)OC(=O)CCCCCCCCCCCCCC. The first-order valence-electron chi connectivity index (χ1n) is 35.8. The molecule has 0 fully saturated rings. The number of rotatable bonds is 69. The van der Waals surface area contributed by atoms with Gasteiger partial charge in [0.2, 0.25) is 0 Å². The van der Waals surface area contributed by atoms with Crippen molar-refractivity contribution in [1.82, 2.24) is 0 Å². The number of phosphoric ester groups is 2. The van der Waals surface area contributed by atoms with Gasteiger partial charge in [-0.2, -0.15) is 0 Å². The highest BCUT2D eigenvalue weighted by molar-refractivity contribution is 7.47. The van der Waals surface area contributed by atoms with E-state index in [0.717, 1.165) is 96.3 Å². The van der Waals surface area contributed by atoms with Gasteiger partial charge in [0.1, 0.15) is 19.3 Å². The molecule has 0 spiro atoms. The number of carbonyl (C=O) groups excluding carboxylic acids is 4. The Morgan fingerprint density at radius 3 is 0.678 bits per heavy atom. The second kappa shape index (κ2) is 62.8. The number of ether oxygens (including phenoxy) is 4. The van der Waals surface area contributed by atoms with Crippen molar-refractivity contribution >= 4 is 39.5 Å². The molecule has 0 rings (SSSR count). The molecule has 0 saturated carbocycles. The van der Waals surface area contributed by atoms with Gasteiger partial charge in [-0.15, -0.1) is 0 Å². The third-order valence-electron chi connectivity index (χ3n) is 15.9. The lowest BCUT2D eigenvalue weighted by Gasteiger charge is -2.21. The van der Waals surface area contributed by atoms with E-state index in [1.165, 1.54) is 180 Å². The fourth-order valence-corrected chi connectivity index (χ4v) is 11.9. The van der Waals surface area contributed by atoms with Crippen LogP contribution >= 0.6 is 15.6 Å². The number of esters is 4. The van der Waals surface area contributed by atoms with Crippen LogP contribution in [0.3, 0.4) is 0 Å². The summed E-state index contributed by atoms with van der Waals surface area (Å²) in [6.45, 7) is 4.85. The molecule has 0 saturated heterocycles. The van der Waals surface area contributed by atoms with Crippen molar-refractivity contribution in [2.45, 2.75) is 373 Å². The van der Waals surface area contributed by atoms with Crippen molar-refractivity contribution < 1.29 is 80.2 Å². The highest BCUT2D eigenvalue weighted by Gasteiger charge is 2.30. The Kier molecular flexibility index (Phi) is 61.4. The average molecular weight is 1280 g/mol. The van der Waals surface area contributed by atoms with E-state index in [1.807, 2.05) is 0 Å². The van der Waals surface area contributed by atoms with Gasteiger partial charge >= 0.3 is 39.5 Å². The number of carbonyl (C=O) groups is 4. The molecule has 0 aliphatic carbocycles. The molecule has 19 heteroatoms. The van der Waals surface area contributed by atoms with Crippen LogP contribution in [-0.4, -0.2) is 96.7 Å². The summed E-state index contributed by atoms with van der Waals surface area (Å²) in [7, 11) is -9.88. The molecular formula is C68H132O17P2. The molecule has 3 N–H and O–H groups in total. The topological polar surface area (TPSA) is 237 Å². The van der Waals surface area contributed by atoms with Gasteiger partial charge in [-0.3, -0.25) is 37.3 Å². The third-order valence-corrected chi connectivity index (χ3v) is 17.8. The third kappa shape index (κ3) is 62.6. The van der Waals surface area contributed by atoms with Crippen LogP contribution in [0, 0.1) is 0 Å². The lowest BCUT2D eigenvalue weighted by atomic mass is 10.0. The number of hydrogen-bond acceptors (Lipinski definition) is 15. The van der Waals surface area contributed by atoms with E-state index in [4.69, 9.17) is 37.0 Å². The zero-order chi connectivity index (χ0) is 64.0. The molecule has 0 bridgehead atoms. The summed E-state index contributed by atoms with van der Waals surface area (Å²) < 4.78 is 68.0. The minimum Gasteiger partial charge on any atom is -0.462 e. The number of aliphatic hydroxyl groups is 1. The van der Waals surface area contributed by atoms with Crippen LogP contribution in [-0.2, 0) is 65.4 Å². The molecule has 0 aliphatic heterocycles. The van der Waals surface area contributed by atoms with Crippen molar-refractivity contribution in [3.63, 3.8) is 0 Å². The Balaban J connectivity index is 5.15. The lowest BCUT2D eigenvalue weighted by molar-refractivity contribution is -0.161. The maximum absolute atomic E-state index is 13.0. The minimum atomic E-state index is -4.95. The molecule has 0 aromatic heterocycles. The number of aliphatic hydroxyl groups excluding tert-OH is 1. The van der Waals surface area contributed by atoms with Gasteiger partial charge < -0.3 is 33.8 Å². The summed E-state index contributed by atoms with van der Waals surface area (Å²) in [4.78, 5) is 72.2. The van der Waals surface area contributed by atoms with Crippen LogP contribution in [0.5, 0.6) is 0 Å². The largest absolute Gasteiger partial charge is 0.472 e. The molecule has 5 atom stereocenters. The maximum atomic E-state index is 13.0. The van der Waals surface area contributed by atoms with Gasteiger partial charge in [0.05, 0.1) is 26.4 Å². The van der Waals surface area contributed by atoms with E-state index in [-0.39, 0.29) is 25.7 Å². The number of phosphoric acid groups is 2. The standard InChI is InChI=1S/C68H132O17P2/c1-5-9-13-17-20-23-26-29-30-31-32-34-37-40-43-47-51-55-68(73)85-64(59-79-66(71)53-49-45-41-38-36-33-27-24-21-18-14-10-6-2)61-83-87(76,77)81-57-62(69)56-80-86(74,75)82-60-63(58-78-65(70)52-48-44-16-12-8-4)84-67(72)54-50-46-42-39-35-28-25-22-19-15-11-7-3/h62-64,69H,5-61H2,1-4H3,(H,74,75)(H,76,77)/t62-,63+,64+/m0/s1. The first-order chi connectivity index (χ1) is 42.2. The van der Waals surface area contributed by atoms with E-state index >= 15 is 0 Å². The molecule has 0 radical (unpaired) electrons. The minimum absolute atomic E-state index is 0.107. The van der Waals surface area contributed by atoms with Crippen molar-refractivity contribution in [3.05, 3.63) is 0 Å². The molecule has 0 aliphatic rings. The summed E-state index contributed by atoms with van der Waals surface area (Å²) in [6.07, 6.45) is 50.2. The summed E-state index contributed by atoms with van der Waals surface area (Å²) in [5, 5.41) is 10.5. The fraction of sp³-hybridized carbons (Fsp3) is 0.941. The predicted octanol–water partition coefficient (Wildman–Crippen LogP) is 19.5. The zero-order valence-electron chi connectivity index (χ0n) is 56.0. The monoisotopic (exact) mass is 1280 g/mol. The van der Waals surface area contributed by atoms with E-state index in [2.05, 4.69) is 27.7 Å². The van der Waals surface area contributed by atoms with Gasteiger partial charge in [0, 0.05) is 25.7 Å². The van der Waals surface area contributed by atoms with Crippen molar-refractivity contribution in [1.29, 1.82) is 0 Å².